The molecule has 0 N–H and O–H groups in total. The van der Waals surface area contributed by atoms with Gasteiger partial charge in [0.1, 0.15) is 0 Å². The monoisotopic (exact) mass is 242 g/mol. The van der Waals surface area contributed by atoms with Gasteiger partial charge in [0, 0.05) is 30.4 Å². The smallest absolute Gasteiger partial charge is 0.0633 e. The molecule has 0 aliphatic heterocycles. The SMILES string of the molecule is C=CC(C)(CBr)Cc1ccn(C)n1. The Labute approximate surface area is 87.8 Å². The van der Waals surface area contributed by atoms with E-state index in [2.05, 4.69) is 34.5 Å². The van der Waals surface area contributed by atoms with Crippen LogP contribution >= 0.6 is 15.9 Å². The number of hydrogen-bond acceptors (Lipinski definition) is 1. The lowest BCUT2D eigenvalue weighted by Crippen LogP contribution is -2.18. The highest BCUT2D eigenvalue weighted by atomic mass is 79.9. The fraction of sp³-hybridized carbons (Fsp3) is 0.500. The molecule has 1 aromatic rings. The van der Waals surface area contributed by atoms with Gasteiger partial charge in [0.25, 0.3) is 0 Å². The zero-order valence-electron chi connectivity index (χ0n) is 8.13. The quantitative estimate of drug-likeness (QED) is 0.587. The zero-order valence-corrected chi connectivity index (χ0v) is 9.71. The van der Waals surface area contributed by atoms with Crippen LogP contribution in [-0.4, -0.2) is 15.1 Å². The summed E-state index contributed by atoms with van der Waals surface area (Å²) in [6.45, 7) is 6.01. The Morgan fingerprint density at radius 1 is 1.77 bits per heavy atom. The van der Waals surface area contributed by atoms with E-state index in [9.17, 15) is 0 Å². The lowest BCUT2D eigenvalue weighted by atomic mass is 9.88. The number of allylic oxidation sites excluding steroid dienone is 1. The molecular formula is C10H15BrN2. The summed E-state index contributed by atoms with van der Waals surface area (Å²) in [5.74, 6) is 0. The molecule has 0 bridgehead atoms. The predicted molar refractivity (Wildman–Crippen MR) is 59.0 cm³/mol. The van der Waals surface area contributed by atoms with Crippen molar-refractivity contribution in [3.8, 4) is 0 Å². The van der Waals surface area contributed by atoms with E-state index in [4.69, 9.17) is 0 Å². The van der Waals surface area contributed by atoms with Crippen molar-refractivity contribution in [3.63, 3.8) is 0 Å². The summed E-state index contributed by atoms with van der Waals surface area (Å²) in [7, 11) is 1.93. The highest BCUT2D eigenvalue weighted by Gasteiger charge is 2.20. The highest BCUT2D eigenvalue weighted by Crippen LogP contribution is 2.25. The van der Waals surface area contributed by atoms with Gasteiger partial charge >= 0.3 is 0 Å². The van der Waals surface area contributed by atoms with Crippen molar-refractivity contribution in [1.29, 1.82) is 0 Å². The lowest BCUT2D eigenvalue weighted by molar-refractivity contribution is 0.483. The molecule has 0 aliphatic rings. The van der Waals surface area contributed by atoms with Crippen molar-refractivity contribution >= 4 is 15.9 Å². The molecule has 2 nitrogen and oxygen atoms in total. The first-order chi connectivity index (χ1) is 6.09. The summed E-state index contributed by atoms with van der Waals surface area (Å²) >= 11 is 3.49. The Morgan fingerprint density at radius 3 is 2.85 bits per heavy atom. The summed E-state index contributed by atoms with van der Waals surface area (Å²) in [5.41, 5.74) is 1.22. The van der Waals surface area contributed by atoms with Gasteiger partial charge in [0.05, 0.1) is 5.69 Å². The number of hydrogen-bond donors (Lipinski definition) is 0. The third-order valence-electron chi connectivity index (χ3n) is 2.15. The average Bonchev–Trinajstić information content (AvgIpc) is 2.51. The molecule has 0 amide bonds. The summed E-state index contributed by atoms with van der Waals surface area (Å²) in [4.78, 5) is 0. The molecule has 3 heteroatoms. The number of halogens is 1. The molecule has 1 atom stereocenters. The summed E-state index contributed by atoms with van der Waals surface area (Å²) < 4.78 is 1.83. The minimum Gasteiger partial charge on any atom is -0.276 e. The highest BCUT2D eigenvalue weighted by molar-refractivity contribution is 9.09. The Balaban J connectivity index is 2.72. The van der Waals surface area contributed by atoms with Crippen LogP contribution in [-0.2, 0) is 13.5 Å². The van der Waals surface area contributed by atoms with E-state index in [-0.39, 0.29) is 5.41 Å². The summed E-state index contributed by atoms with van der Waals surface area (Å²) in [5, 5.41) is 5.26. The van der Waals surface area contributed by atoms with Crippen molar-refractivity contribution in [3.05, 3.63) is 30.6 Å². The van der Waals surface area contributed by atoms with E-state index in [0.29, 0.717) is 0 Å². The first-order valence-electron chi connectivity index (χ1n) is 4.28. The minimum atomic E-state index is 0.106. The number of aryl methyl sites for hydroxylation is 1. The zero-order chi connectivity index (χ0) is 9.90. The molecule has 0 spiro atoms. The molecule has 1 aromatic heterocycles. The number of alkyl halides is 1. The van der Waals surface area contributed by atoms with E-state index >= 15 is 0 Å². The first kappa shape index (κ1) is 10.5. The van der Waals surface area contributed by atoms with Gasteiger partial charge in [-0.05, 0) is 6.07 Å². The van der Waals surface area contributed by atoms with Crippen LogP contribution in [0.3, 0.4) is 0 Å². The van der Waals surface area contributed by atoms with E-state index < -0.39 is 0 Å². The van der Waals surface area contributed by atoms with Crippen LogP contribution in [0.25, 0.3) is 0 Å². The Bertz CT molecular complexity index is 293. The van der Waals surface area contributed by atoms with E-state index in [1.165, 1.54) is 0 Å². The van der Waals surface area contributed by atoms with Crippen LogP contribution in [0.4, 0.5) is 0 Å². The van der Waals surface area contributed by atoms with Gasteiger partial charge in [-0.3, -0.25) is 4.68 Å². The molecule has 13 heavy (non-hydrogen) atoms. The van der Waals surface area contributed by atoms with E-state index in [0.717, 1.165) is 17.4 Å². The van der Waals surface area contributed by atoms with Gasteiger partial charge in [-0.15, -0.1) is 6.58 Å². The first-order valence-corrected chi connectivity index (χ1v) is 5.40. The topological polar surface area (TPSA) is 17.8 Å². The van der Waals surface area contributed by atoms with Crippen LogP contribution in [0.2, 0.25) is 0 Å². The van der Waals surface area contributed by atoms with E-state index in [1.54, 1.807) is 0 Å². The van der Waals surface area contributed by atoms with Crippen LogP contribution in [0.5, 0.6) is 0 Å². The summed E-state index contributed by atoms with van der Waals surface area (Å²) in [6.07, 6.45) is 4.88. The third kappa shape index (κ3) is 2.69. The Kier molecular flexibility index (Phi) is 3.31. The maximum absolute atomic E-state index is 4.34. The molecule has 0 saturated carbocycles. The second-order valence-electron chi connectivity index (χ2n) is 3.65. The van der Waals surface area contributed by atoms with Crippen LogP contribution < -0.4 is 0 Å². The van der Waals surface area contributed by atoms with Crippen LogP contribution in [0.1, 0.15) is 12.6 Å². The summed E-state index contributed by atoms with van der Waals surface area (Å²) in [6, 6.07) is 2.05. The predicted octanol–water partition coefficient (Wildman–Crippen LogP) is 2.55. The van der Waals surface area contributed by atoms with Crippen molar-refractivity contribution in [1.82, 2.24) is 9.78 Å². The van der Waals surface area contributed by atoms with Gasteiger partial charge in [-0.25, -0.2) is 0 Å². The molecule has 1 unspecified atom stereocenters. The molecule has 0 aromatic carbocycles. The molecule has 1 rings (SSSR count). The number of rotatable bonds is 4. The minimum absolute atomic E-state index is 0.106. The standard InChI is InChI=1S/C10H15BrN2/c1-4-10(2,8-11)7-9-5-6-13(3)12-9/h4-6H,1,7-8H2,2-3H3. The number of aromatic nitrogens is 2. The maximum Gasteiger partial charge on any atom is 0.0633 e. The van der Waals surface area contributed by atoms with Crippen LogP contribution in [0.15, 0.2) is 24.9 Å². The van der Waals surface area contributed by atoms with Gasteiger partial charge in [-0.1, -0.05) is 28.9 Å². The van der Waals surface area contributed by atoms with Gasteiger partial charge in [-0.2, -0.15) is 5.10 Å². The average molecular weight is 243 g/mol. The van der Waals surface area contributed by atoms with Crippen molar-refractivity contribution in [2.24, 2.45) is 12.5 Å². The van der Waals surface area contributed by atoms with Crippen molar-refractivity contribution < 1.29 is 0 Å². The van der Waals surface area contributed by atoms with E-state index in [1.807, 2.05) is 30.1 Å². The molecule has 0 saturated heterocycles. The van der Waals surface area contributed by atoms with Gasteiger partial charge < -0.3 is 0 Å². The van der Waals surface area contributed by atoms with Crippen molar-refractivity contribution in [2.45, 2.75) is 13.3 Å². The number of nitrogens with zero attached hydrogens (tertiary/aromatic N) is 2. The molecule has 0 fully saturated rings. The van der Waals surface area contributed by atoms with Gasteiger partial charge in [0.2, 0.25) is 0 Å². The van der Waals surface area contributed by atoms with Gasteiger partial charge in [0.15, 0.2) is 0 Å². The fourth-order valence-corrected chi connectivity index (χ4v) is 1.57. The largest absolute Gasteiger partial charge is 0.276 e. The third-order valence-corrected chi connectivity index (χ3v) is 3.43. The molecule has 0 radical (unpaired) electrons. The molecule has 72 valence electrons. The Morgan fingerprint density at radius 2 is 2.46 bits per heavy atom. The van der Waals surface area contributed by atoms with Crippen LogP contribution in [0, 0.1) is 5.41 Å². The lowest BCUT2D eigenvalue weighted by Gasteiger charge is -2.21. The Hall–Kier alpha value is -0.570. The molecule has 1 heterocycles. The maximum atomic E-state index is 4.34. The second-order valence-corrected chi connectivity index (χ2v) is 4.21. The normalized spacial score (nSPS) is 15.3. The fourth-order valence-electron chi connectivity index (χ4n) is 1.15. The molecule has 0 aliphatic carbocycles. The van der Waals surface area contributed by atoms with Crippen molar-refractivity contribution in [2.75, 3.05) is 5.33 Å². The molecular weight excluding hydrogens is 228 g/mol. The second kappa shape index (κ2) is 4.09.